The predicted octanol–water partition coefficient (Wildman–Crippen LogP) is 2.69. The van der Waals surface area contributed by atoms with E-state index in [9.17, 15) is 4.79 Å². The van der Waals surface area contributed by atoms with Crippen LogP contribution in [0.2, 0.25) is 0 Å². The zero-order valence-electron chi connectivity index (χ0n) is 11.4. The zero-order valence-corrected chi connectivity index (χ0v) is 11.4. The maximum Gasteiger partial charge on any atom is 0.305 e. The monoisotopic (exact) mass is 267 g/mol. The van der Waals surface area contributed by atoms with Gasteiger partial charge in [-0.05, 0) is 26.0 Å². The molecule has 3 rings (SSSR count). The lowest BCUT2D eigenvalue weighted by Gasteiger charge is -2.12. The van der Waals surface area contributed by atoms with Crippen LogP contribution in [0.5, 0.6) is 0 Å². The summed E-state index contributed by atoms with van der Waals surface area (Å²) < 4.78 is 1.61. The van der Waals surface area contributed by atoms with Gasteiger partial charge >= 0.3 is 5.91 Å². The molecule has 2 aromatic rings. The van der Waals surface area contributed by atoms with E-state index in [0.717, 1.165) is 11.3 Å². The normalized spacial score (nSPS) is 14.9. The minimum absolute atomic E-state index is 0.162. The molecule has 1 aromatic carbocycles. The zero-order chi connectivity index (χ0) is 14.2. The molecular formula is C15H15N4O+. The van der Waals surface area contributed by atoms with E-state index < -0.39 is 0 Å². The summed E-state index contributed by atoms with van der Waals surface area (Å²) in [6.45, 7) is 4.02. The molecule has 1 aliphatic heterocycles. The van der Waals surface area contributed by atoms with Crippen molar-refractivity contribution in [1.82, 2.24) is 0 Å². The van der Waals surface area contributed by atoms with E-state index in [1.54, 1.807) is 29.2 Å². The van der Waals surface area contributed by atoms with Crippen molar-refractivity contribution in [1.29, 1.82) is 0 Å². The van der Waals surface area contributed by atoms with E-state index >= 15 is 0 Å². The van der Waals surface area contributed by atoms with Crippen molar-refractivity contribution in [2.75, 3.05) is 5.43 Å². The Hall–Kier alpha value is -2.56. The van der Waals surface area contributed by atoms with Gasteiger partial charge in [-0.25, -0.2) is 0 Å². The van der Waals surface area contributed by atoms with Gasteiger partial charge in [0, 0.05) is 17.2 Å². The Morgan fingerprint density at radius 2 is 1.95 bits per heavy atom. The first-order valence-electron chi connectivity index (χ1n) is 6.41. The Kier molecular flexibility index (Phi) is 2.82. The molecule has 0 spiro atoms. The smallest absolute Gasteiger partial charge is 0.264 e. The number of nitrogens with one attached hydrogen (secondary N) is 1. The summed E-state index contributed by atoms with van der Waals surface area (Å²) in [6, 6.07) is 11.0. The minimum atomic E-state index is -0.294. The van der Waals surface area contributed by atoms with Gasteiger partial charge < -0.3 is 0 Å². The number of nitrogens with zero attached hydrogens (tertiary/aromatic N) is 3. The van der Waals surface area contributed by atoms with Gasteiger partial charge in [-0.2, -0.15) is 5.11 Å². The van der Waals surface area contributed by atoms with Gasteiger partial charge in [-0.1, -0.05) is 22.9 Å². The van der Waals surface area contributed by atoms with E-state index in [1.165, 1.54) is 0 Å². The van der Waals surface area contributed by atoms with Crippen LogP contribution in [-0.4, -0.2) is 5.91 Å². The Balaban J connectivity index is 1.84. The summed E-state index contributed by atoms with van der Waals surface area (Å²) in [5.74, 6) is -0.162. The molecule has 0 unspecified atom stereocenters. The van der Waals surface area contributed by atoms with Crippen molar-refractivity contribution in [2.45, 2.75) is 19.4 Å². The summed E-state index contributed by atoms with van der Waals surface area (Å²) in [5, 5.41) is 8.36. The van der Waals surface area contributed by atoms with Crippen molar-refractivity contribution in [2.24, 2.45) is 10.2 Å². The molecular weight excluding hydrogens is 252 g/mol. The Bertz CT molecular complexity index is 692. The molecule has 1 aromatic heterocycles. The highest BCUT2D eigenvalue weighted by Crippen LogP contribution is 2.38. The second kappa shape index (κ2) is 4.52. The highest BCUT2D eigenvalue weighted by atomic mass is 16.2. The van der Waals surface area contributed by atoms with Crippen LogP contribution in [0.3, 0.4) is 0 Å². The summed E-state index contributed by atoms with van der Waals surface area (Å²) in [6.07, 6.45) is 3.58. The Labute approximate surface area is 117 Å². The Morgan fingerprint density at radius 3 is 2.70 bits per heavy atom. The molecule has 0 bridgehead atoms. The van der Waals surface area contributed by atoms with Gasteiger partial charge in [0.15, 0.2) is 5.69 Å². The van der Waals surface area contributed by atoms with Gasteiger partial charge in [-0.15, -0.1) is 10.5 Å². The van der Waals surface area contributed by atoms with Gasteiger partial charge in [0.25, 0.3) is 0 Å². The second-order valence-electron chi connectivity index (χ2n) is 5.22. The molecule has 5 nitrogen and oxygen atoms in total. The Morgan fingerprint density at radius 1 is 1.20 bits per heavy atom. The number of rotatable bonds is 2. The third kappa shape index (κ3) is 2.18. The molecule has 1 aliphatic rings. The lowest BCUT2D eigenvalue weighted by Crippen LogP contribution is -2.47. The lowest BCUT2D eigenvalue weighted by atomic mass is 9.97. The van der Waals surface area contributed by atoms with Crippen LogP contribution in [0, 0.1) is 0 Å². The third-order valence-electron chi connectivity index (χ3n) is 3.27. The van der Waals surface area contributed by atoms with Gasteiger partial charge in [-0.3, -0.25) is 4.79 Å². The number of carbonyl (C=O) groups is 1. The summed E-state index contributed by atoms with van der Waals surface area (Å²) in [7, 11) is 0. The second-order valence-corrected chi connectivity index (χ2v) is 5.22. The number of amides is 1. The maximum absolute atomic E-state index is 12.1. The minimum Gasteiger partial charge on any atom is -0.264 e. The summed E-state index contributed by atoms with van der Waals surface area (Å²) >= 11 is 0. The number of hydrogen-bond donors (Lipinski definition) is 1. The standard InChI is InChI=1S/C15H14N4O/c1-15(2)12-8-9-19(10-13(12)16-18-15)17-14(20)11-6-4-3-5-7-11/h3-10H,1-2H3/p+1. The molecule has 0 saturated heterocycles. The van der Waals surface area contributed by atoms with Crippen LogP contribution < -0.4 is 10.1 Å². The van der Waals surface area contributed by atoms with Crippen LogP contribution in [0.15, 0.2) is 59.0 Å². The fourth-order valence-corrected chi connectivity index (χ4v) is 2.16. The first-order valence-corrected chi connectivity index (χ1v) is 6.41. The molecule has 5 heteroatoms. The van der Waals surface area contributed by atoms with Crippen molar-refractivity contribution < 1.29 is 9.47 Å². The third-order valence-corrected chi connectivity index (χ3v) is 3.27. The van der Waals surface area contributed by atoms with E-state index in [2.05, 4.69) is 15.7 Å². The number of fused-ring (bicyclic) bond motifs is 1. The van der Waals surface area contributed by atoms with Crippen LogP contribution in [-0.2, 0) is 5.54 Å². The molecule has 1 N–H and O–H groups in total. The summed E-state index contributed by atoms with van der Waals surface area (Å²) in [4.78, 5) is 12.1. The molecule has 0 radical (unpaired) electrons. The molecule has 0 atom stereocenters. The van der Waals surface area contributed by atoms with Crippen molar-refractivity contribution >= 4 is 11.6 Å². The largest absolute Gasteiger partial charge is 0.305 e. The van der Waals surface area contributed by atoms with Crippen LogP contribution in [0.1, 0.15) is 29.8 Å². The summed E-state index contributed by atoms with van der Waals surface area (Å²) in [5.41, 5.74) is 4.95. The molecule has 0 saturated carbocycles. The predicted molar refractivity (Wildman–Crippen MR) is 74.3 cm³/mol. The number of pyridine rings is 1. The van der Waals surface area contributed by atoms with Crippen molar-refractivity contribution in [3.63, 3.8) is 0 Å². The van der Waals surface area contributed by atoms with Crippen LogP contribution >= 0.6 is 0 Å². The SMILES string of the molecule is CC1(C)N=Nc2c[n+](NC(=O)c3ccccc3)ccc21. The average Bonchev–Trinajstić information content (AvgIpc) is 2.75. The van der Waals surface area contributed by atoms with Gasteiger partial charge in [0.05, 0.1) is 0 Å². The van der Waals surface area contributed by atoms with E-state index in [-0.39, 0.29) is 11.4 Å². The van der Waals surface area contributed by atoms with Crippen molar-refractivity contribution in [3.05, 3.63) is 59.9 Å². The quantitative estimate of drug-likeness (QED) is 0.836. The van der Waals surface area contributed by atoms with Gasteiger partial charge in [0.2, 0.25) is 12.4 Å². The molecule has 0 aliphatic carbocycles. The molecule has 100 valence electrons. The van der Waals surface area contributed by atoms with Crippen LogP contribution in [0.25, 0.3) is 0 Å². The molecule has 20 heavy (non-hydrogen) atoms. The van der Waals surface area contributed by atoms with Crippen molar-refractivity contribution in [3.8, 4) is 0 Å². The van der Waals surface area contributed by atoms with E-state index in [1.807, 2.05) is 38.1 Å². The average molecular weight is 267 g/mol. The number of carbonyl (C=O) groups excluding carboxylic acids is 1. The number of aromatic nitrogens is 1. The number of benzene rings is 1. The first kappa shape index (κ1) is 12.5. The molecule has 2 heterocycles. The molecule has 0 fully saturated rings. The fourth-order valence-electron chi connectivity index (χ4n) is 2.16. The van der Waals surface area contributed by atoms with E-state index in [0.29, 0.717) is 5.56 Å². The number of azo groups is 1. The van der Waals surface area contributed by atoms with Gasteiger partial charge in [0.1, 0.15) is 5.54 Å². The molecule has 1 amide bonds. The van der Waals surface area contributed by atoms with Crippen LogP contribution in [0.4, 0.5) is 5.69 Å². The maximum atomic E-state index is 12.1. The first-order chi connectivity index (χ1) is 9.56. The number of hydrogen-bond acceptors (Lipinski definition) is 3. The fraction of sp³-hybridized carbons (Fsp3) is 0.200. The lowest BCUT2D eigenvalue weighted by molar-refractivity contribution is -0.640. The highest BCUT2D eigenvalue weighted by Gasteiger charge is 2.30. The van der Waals surface area contributed by atoms with E-state index in [4.69, 9.17) is 0 Å². The highest BCUT2D eigenvalue weighted by molar-refractivity contribution is 5.98. The topological polar surface area (TPSA) is 57.7 Å².